The molecule has 188 valence electrons. The number of amides is 2. The van der Waals surface area contributed by atoms with Gasteiger partial charge in [-0.15, -0.1) is 0 Å². The highest BCUT2D eigenvalue weighted by molar-refractivity contribution is 7.89. The second-order valence-electron chi connectivity index (χ2n) is 8.83. The third-order valence-electron chi connectivity index (χ3n) is 6.51. The number of aryl methyl sites for hydroxylation is 2. The van der Waals surface area contributed by atoms with Crippen LogP contribution in [0.5, 0.6) is 0 Å². The molecule has 0 atom stereocenters. The van der Waals surface area contributed by atoms with E-state index in [1.54, 1.807) is 18.2 Å². The van der Waals surface area contributed by atoms with Crippen molar-refractivity contribution in [2.24, 2.45) is 7.05 Å². The molecular weight excluding hydrogens is 454 g/mol. The van der Waals surface area contributed by atoms with Gasteiger partial charge >= 0.3 is 0 Å². The first-order valence-electron chi connectivity index (χ1n) is 12.3. The lowest BCUT2D eigenvalue weighted by Crippen LogP contribution is -2.38. The maximum absolute atomic E-state index is 12.8. The molecule has 0 bridgehead atoms. The van der Waals surface area contributed by atoms with E-state index in [0.717, 1.165) is 31.2 Å². The Kier molecular flexibility index (Phi) is 9.07. The third kappa shape index (κ3) is 6.35. The van der Waals surface area contributed by atoms with Crippen LogP contribution in [0, 0.1) is 0 Å². The lowest BCUT2D eigenvalue weighted by Gasteiger charge is -2.22. The summed E-state index contributed by atoms with van der Waals surface area (Å²) in [6.07, 6.45) is 6.59. The topological polar surface area (TPSA) is 113 Å². The van der Waals surface area contributed by atoms with Crippen molar-refractivity contribution >= 4 is 32.9 Å². The van der Waals surface area contributed by atoms with E-state index in [1.807, 2.05) is 25.5 Å². The lowest BCUT2D eigenvalue weighted by atomic mass is 9.95. The van der Waals surface area contributed by atoms with Crippen molar-refractivity contribution in [1.29, 1.82) is 0 Å². The number of sulfonamides is 1. The van der Waals surface area contributed by atoms with Crippen molar-refractivity contribution in [3.8, 4) is 0 Å². The van der Waals surface area contributed by atoms with Gasteiger partial charge in [0.2, 0.25) is 21.8 Å². The molecule has 1 heterocycles. The Balaban J connectivity index is 1.53. The van der Waals surface area contributed by atoms with Gasteiger partial charge in [0.05, 0.1) is 15.9 Å². The lowest BCUT2D eigenvalue weighted by molar-refractivity contribution is -0.122. The maximum Gasteiger partial charge on any atom is 0.243 e. The zero-order valence-corrected chi connectivity index (χ0v) is 21.3. The first-order valence-corrected chi connectivity index (χ1v) is 13.7. The Morgan fingerprint density at radius 1 is 1.09 bits per heavy atom. The van der Waals surface area contributed by atoms with Crippen LogP contribution in [0.25, 0.3) is 11.0 Å². The number of benzene rings is 1. The van der Waals surface area contributed by atoms with Crippen LogP contribution in [0.15, 0.2) is 23.1 Å². The molecular formula is C24H37N5O4S. The first-order chi connectivity index (χ1) is 16.3. The smallest absolute Gasteiger partial charge is 0.243 e. The van der Waals surface area contributed by atoms with E-state index < -0.39 is 10.0 Å². The number of nitrogens with one attached hydrogen (secondary N) is 2. The van der Waals surface area contributed by atoms with Gasteiger partial charge < -0.3 is 15.2 Å². The molecule has 1 aliphatic rings. The number of carbonyl (C=O) groups is 2. The SMILES string of the molecule is CCN(CC)S(=O)(=O)c1ccc2c(c1)nc(CCC(=O)NCCC(=O)NC1CCCCC1)n2C. The van der Waals surface area contributed by atoms with Crippen LogP contribution in [-0.4, -0.2) is 59.8 Å². The molecule has 2 N–H and O–H groups in total. The fraction of sp³-hybridized carbons (Fsp3) is 0.625. The Labute approximate surface area is 202 Å². The minimum absolute atomic E-state index is 0.0157. The van der Waals surface area contributed by atoms with Gasteiger partial charge in [-0.1, -0.05) is 33.1 Å². The quantitative estimate of drug-likeness (QED) is 0.501. The monoisotopic (exact) mass is 491 g/mol. The molecule has 1 aromatic carbocycles. The largest absolute Gasteiger partial charge is 0.356 e. The highest BCUT2D eigenvalue weighted by atomic mass is 32.2. The van der Waals surface area contributed by atoms with Crippen LogP contribution < -0.4 is 10.6 Å². The summed E-state index contributed by atoms with van der Waals surface area (Å²) in [6, 6.07) is 5.23. The van der Waals surface area contributed by atoms with Gasteiger partial charge in [0.15, 0.2) is 0 Å². The molecule has 0 saturated heterocycles. The maximum atomic E-state index is 12.8. The molecule has 0 aliphatic heterocycles. The zero-order chi connectivity index (χ0) is 24.7. The summed E-state index contributed by atoms with van der Waals surface area (Å²) in [5.41, 5.74) is 1.40. The van der Waals surface area contributed by atoms with Crippen LogP contribution in [0.4, 0.5) is 0 Å². The Hall–Kier alpha value is -2.46. The van der Waals surface area contributed by atoms with Crippen LogP contribution in [0.3, 0.4) is 0 Å². The predicted octanol–water partition coefficient (Wildman–Crippen LogP) is 2.49. The van der Waals surface area contributed by atoms with E-state index in [2.05, 4.69) is 15.6 Å². The molecule has 2 amide bonds. The fourth-order valence-corrected chi connectivity index (χ4v) is 5.98. The Morgan fingerprint density at radius 3 is 2.47 bits per heavy atom. The van der Waals surface area contributed by atoms with Gasteiger partial charge in [-0.2, -0.15) is 4.31 Å². The summed E-state index contributed by atoms with van der Waals surface area (Å²) in [5, 5.41) is 5.86. The van der Waals surface area contributed by atoms with Crippen LogP contribution in [0.1, 0.15) is 64.6 Å². The molecule has 1 aromatic heterocycles. The number of hydrogen-bond acceptors (Lipinski definition) is 5. The molecule has 10 heteroatoms. The van der Waals surface area contributed by atoms with E-state index in [1.165, 1.54) is 10.7 Å². The van der Waals surface area contributed by atoms with Crippen molar-refractivity contribution in [3.63, 3.8) is 0 Å². The van der Waals surface area contributed by atoms with Gasteiger partial charge in [0.25, 0.3) is 0 Å². The number of carbonyl (C=O) groups excluding carboxylic acids is 2. The van der Waals surface area contributed by atoms with Gasteiger partial charge in [-0.05, 0) is 31.0 Å². The number of imidazole rings is 1. The zero-order valence-electron chi connectivity index (χ0n) is 20.5. The van der Waals surface area contributed by atoms with Crippen LogP contribution >= 0.6 is 0 Å². The molecule has 3 rings (SSSR count). The minimum atomic E-state index is -3.56. The number of aromatic nitrogens is 2. The third-order valence-corrected chi connectivity index (χ3v) is 8.55. The fourth-order valence-electron chi connectivity index (χ4n) is 4.50. The van der Waals surface area contributed by atoms with E-state index in [-0.39, 0.29) is 35.6 Å². The highest BCUT2D eigenvalue weighted by Gasteiger charge is 2.23. The minimum Gasteiger partial charge on any atom is -0.356 e. The molecule has 34 heavy (non-hydrogen) atoms. The van der Waals surface area contributed by atoms with E-state index in [0.29, 0.717) is 37.4 Å². The van der Waals surface area contributed by atoms with Gasteiger partial charge in [0.1, 0.15) is 5.82 Å². The summed E-state index contributed by atoms with van der Waals surface area (Å²) in [6.45, 7) is 4.75. The molecule has 0 unspecified atom stereocenters. The van der Waals surface area contributed by atoms with Crippen molar-refractivity contribution in [1.82, 2.24) is 24.5 Å². The number of fused-ring (bicyclic) bond motifs is 1. The van der Waals surface area contributed by atoms with Crippen molar-refractivity contribution in [2.45, 2.75) is 76.2 Å². The normalized spacial score (nSPS) is 15.1. The van der Waals surface area contributed by atoms with E-state index in [4.69, 9.17) is 0 Å². The summed E-state index contributed by atoms with van der Waals surface area (Å²) in [7, 11) is -1.70. The average molecular weight is 492 g/mol. The molecule has 0 spiro atoms. The number of nitrogens with zero attached hydrogens (tertiary/aromatic N) is 3. The average Bonchev–Trinajstić information content (AvgIpc) is 3.14. The van der Waals surface area contributed by atoms with Crippen molar-refractivity contribution in [3.05, 3.63) is 24.0 Å². The number of rotatable bonds is 11. The second kappa shape index (κ2) is 11.8. The van der Waals surface area contributed by atoms with Crippen LogP contribution in [0.2, 0.25) is 0 Å². The molecule has 1 aliphatic carbocycles. The molecule has 1 fully saturated rings. The highest BCUT2D eigenvalue weighted by Crippen LogP contribution is 2.23. The van der Waals surface area contributed by atoms with Crippen molar-refractivity contribution in [2.75, 3.05) is 19.6 Å². The summed E-state index contributed by atoms with van der Waals surface area (Å²) >= 11 is 0. The van der Waals surface area contributed by atoms with Gasteiger partial charge in [0, 0.05) is 52.0 Å². The molecule has 1 saturated carbocycles. The Bertz CT molecular complexity index is 1100. The molecule has 2 aromatic rings. The standard InChI is InChI=1S/C24H37N5O4S/c1-4-29(5-2)34(32,33)19-11-12-21-20(17-19)27-22(28(21)3)13-14-23(30)25-16-15-24(31)26-18-9-7-6-8-10-18/h11-12,17-18H,4-10,13-16H2,1-3H3,(H,25,30)(H,26,31). The summed E-state index contributed by atoms with van der Waals surface area (Å²) < 4.78 is 28.9. The first kappa shape index (κ1) is 26.2. The van der Waals surface area contributed by atoms with Gasteiger partial charge in [-0.25, -0.2) is 13.4 Å². The van der Waals surface area contributed by atoms with Crippen molar-refractivity contribution < 1.29 is 18.0 Å². The summed E-state index contributed by atoms with van der Waals surface area (Å²) in [5.74, 6) is 0.554. The van der Waals surface area contributed by atoms with E-state index >= 15 is 0 Å². The van der Waals surface area contributed by atoms with Crippen LogP contribution in [-0.2, 0) is 33.1 Å². The number of hydrogen-bond donors (Lipinski definition) is 2. The Morgan fingerprint density at radius 2 is 1.79 bits per heavy atom. The van der Waals surface area contributed by atoms with E-state index in [9.17, 15) is 18.0 Å². The molecule has 0 radical (unpaired) electrons. The predicted molar refractivity (Wildman–Crippen MR) is 132 cm³/mol. The second-order valence-corrected chi connectivity index (χ2v) is 10.8. The van der Waals surface area contributed by atoms with Gasteiger partial charge in [-0.3, -0.25) is 9.59 Å². The summed E-state index contributed by atoms with van der Waals surface area (Å²) in [4.78, 5) is 29.1. The molecule has 9 nitrogen and oxygen atoms in total.